The molecule has 2 aromatic rings. The van der Waals surface area contributed by atoms with Crippen molar-refractivity contribution in [2.24, 2.45) is 5.92 Å². The maximum absolute atomic E-state index is 12.2. The fourth-order valence-corrected chi connectivity index (χ4v) is 2.53. The smallest absolute Gasteiger partial charge is 0.335 e. The van der Waals surface area contributed by atoms with E-state index in [1.54, 1.807) is 31.4 Å². The number of carbonyl (C=O) groups is 2. The van der Waals surface area contributed by atoms with Crippen molar-refractivity contribution in [1.82, 2.24) is 5.32 Å². The van der Waals surface area contributed by atoms with E-state index in [1.807, 2.05) is 31.2 Å². The highest BCUT2D eigenvalue weighted by Gasteiger charge is 2.13. The van der Waals surface area contributed by atoms with Gasteiger partial charge in [0, 0.05) is 12.5 Å². The number of ether oxygens (including phenoxy) is 1. The van der Waals surface area contributed by atoms with Crippen LogP contribution in [0.1, 0.15) is 28.4 Å². The van der Waals surface area contributed by atoms with E-state index in [4.69, 9.17) is 9.84 Å². The van der Waals surface area contributed by atoms with E-state index < -0.39 is 5.97 Å². The molecular formula is C20H23NO4. The molecule has 132 valence electrons. The fourth-order valence-electron chi connectivity index (χ4n) is 2.53. The summed E-state index contributed by atoms with van der Waals surface area (Å²) >= 11 is 0. The number of carbonyl (C=O) groups excluding carboxylic acids is 1. The molecule has 0 radical (unpaired) electrons. The molecule has 1 atom stereocenters. The standard InChI is InChI=1S/C20H23NO4/c1-14(13-16-5-9-18(25-2)10-6-16)19(22)21-12-11-15-3-7-17(8-4-15)20(23)24/h3-10,14H,11-13H2,1-2H3,(H,21,22)(H,23,24). The van der Waals surface area contributed by atoms with E-state index in [9.17, 15) is 9.59 Å². The van der Waals surface area contributed by atoms with Crippen molar-refractivity contribution < 1.29 is 19.4 Å². The van der Waals surface area contributed by atoms with Crippen LogP contribution in [0.3, 0.4) is 0 Å². The average molecular weight is 341 g/mol. The van der Waals surface area contributed by atoms with E-state index in [0.717, 1.165) is 16.9 Å². The van der Waals surface area contributed by atoms with Gasteiger partial charge >= 0.3 is 5.97 Å². The van der Waals surface area contributed by atoms with Gasteiger partial charge in [0.15, 0.2) is 0 Å². The van der Waals surface area contributed by atoms with Crippen molar-refractivity contribution in [3.8, 4) is 5.75 Å². The Morgan fingerprint density at radius 3 is 2.20 bits per heavy atom. The highest BCUT2D eigenvalue weighted by molar-refractivity contribution is 5.87. The average Bonchev–Trinajstić information content (AvgIpc) is 2.62. The Labute approximate surface area is 147 Å². The van der Waals surface area contributed by atoms with Gasteiger partial charge in [-0.1, -0.05) is 31.2 Å². The Hall–Kier alpha value is -2.82. The minimum atomic E-state index is -0.938. The number of methoxy groups -OCH3 is 1. The molecule has 0 saturated heterocycles. The molecule has 0 aliphatic rings. The Balaban J connectivity index is 1.77. The quantitative estimate of drug-likeness (QED) is 0.774. The summed E-state index contributed by atoms with van der Waals surface area (Å²) in [5.74, 6) is -0.247. The summed E-state index contributed by atoms with van der Waals surface area (Å²) in [6.45, 7) is 2.43. The van der Waals surface area contributed by atoms with Crippen LogP contribution >= 0.6 is 0 Å². The molecule has 25 heavy (non-hydrogen) atoms. The monoisotopic (exact) mass is 341 g/mol. The molecule has 2 rings (SSSR count). The number of rotatable bonds is 8. The van der Waals surface area contributed by atoms with Gasteiger partial charge in [-0.15, -0.1) is 0 Å². The predicted octanol–water partition coefficient (Wildman–Crippen LogP) is 2.93. The van der Waals surface area contributed by atoms with Gasteiger partial charge in [0.2, 0.25) is 5.91 Å². The molecule has 0 heterocycles. The topological polar surface area (TPSA) is 75.6 Å². The lowest BCUT2D eigenvalue weighted by atomic mass is 10.00. The summed E-state index contributed by atoms with van der Waals surface area (Å²) in [4.78, 5) is 23.0. The van der Waals surface area contributed by atoms with Crippen LogP contribution in [0, 0.1) is 5.92 Å². The molecule has 1 amide bonds. The lowest BCUT2D eigenvalue weighted by Crippen LogP contribution is -2.31. The second-order valence-corrected chi connectivity index (χ2v) is 6.00. The molecule has 0 aromatic heterocycles. The highest BCUT2D eigenvalue weighted by Crippen LogP contribution is 2.14. The summed E-state index contributed by atoms with van der Waals surface area (Å²) in [7, 11) is 1.63. The number of aromatic carboxylic acids is 1. The first kappa shape index (κ1) is 18.5. The zero-order valence-electron chi connectivity index (χ0n) is 14.5. The molecule has 1 unspecified atom stereocenters. The summed E-state index contributed by atoms with van der Waals surface area (Å²) in [5.41, 5.74) is 2.35. The molecular weight excluding hydrogens is 318 g/mol. The van der Waals surface area contributed by atoms with Crippen molar-refractivity contribution in [2.75, 3.05) is 13.7 Å². The van der Waals surface area contributed by atoms with E-state index in [0.29, 0.717) is 19.4 Å². The van der Waals surface area contributed by atoms with Crippen LogP contribution in [0.25, 0.3) is 0 Å². The van der Waals surface area contributed by atoms with Crippen molar-refractivity contribution in [3.05, 3.63) is 65.2 Å². The largest absolute Gasteiger partial charge is 0.497 e. The number of carboxylic acids is 1. The molecule has 0 aliphatic heterocycles. The number of carboxylic acid groups (broad SMARTS) is 1. The Kier molecular flexibility index (Phi) is 6.57. The molecule has 5 heteroatoms. The van der Waals surface area contributed by atoms with E-state index >= 15 is 0 Å². The summed E-state index contributed by atoms with van der Waals surface area (Å²) in [5, 5.41) is 11.8. The van der Waals surface area contributed by atoms with Crippen LogP contribution in [0.2, 0.25) is 0 Å². The van der Waals surface area contributed by atoms with E-state index in [2.05, 4.69) is 5.32 Å². The van der Waals surface area contributed by atoms with Crippen molar-refractivity contribution in [3.63, 3.8) is 0 Å². The molecule has 0 saturated carbocycles. The molecule has 0 fully saturated rings. The normalized spacial score (nSPS) is 11.6. The lowest BCUT2D eigenvalue weighted by molar-refractivity contribution is -0.124. The van der Waals surface area contributed by atoms with Gasteiger partial charge in [-0.2, -0.15) is 0 Å². The van der Waals surface area contributed by atoms with Crippen LogP contribution in [-0.2, 0) is 17.6 Å². The van der Waals surface area contributed by atoms with Crippen molar-refractivity contribution >= 4 is 11.9 Å². The number of amides is 1. The molecule has 5 nitrogen and oxygen atoms in total. The number of benzene rings is 2. The van der Waals surface area contributed by atoms with Gasteiger partial charge < -0.3 is 15.2 Å². The molecule has 0 bridgehead atoms. The zero-order valence-corrected chi connectivity index (χ0v) is 14.5. The third kappa shape index (κ3) is 5.64. The van der Waals surface area contributed by atoms with Gasteiger partial charge in [0.1, 0.15) is 5.75 Å². The summed E-state index contributed by atoms with van der Waals surface area (Å²) in [6, 6.07) is 14.4. The lowest BCUT2D eigenvalue weighted by Gasteiger charge is -2.13. The van der Waals surface area contributed by atoms with Gasteiger partial charge in [-0.25, -0.2) is 4.79 Å². The van der Waals surface area contributed by atoms with Gasteiger partial charge in [-0.05, 0) is 48.2 Å². The van der Waals surface area contributed by atoms with E-state index in [1.165, 1.54) is 0 Å². The molecule has 0 aliphatic carbocycles. The number of hydrogen-bond donors (Lipinski definition) is 2. The summed E-state index contributed by atoms with van der Waals surface area (Å²) in [6.07, 6.45) is 1.34. The minimum absolute atomic E-state index is 0.0120. The van der Waals surface area contributed by atoms with Crippen LogP contribution in [-0.4, -0.2) is 30.6 Å². The van der Waals surface area contributed by atoms with Gasteiger partial charge in [0.05, 0.1) is 12.7 Å². The van der Waals surface area contributed by atoms with E-state index in [-0.39, 0.29) is 17.4 Å². The van der Waals surface area contributed by atoms with Crippen molar-refractivity contribution in [1.29, 1.82) is 0 Å². The Morgan fingerprint density at radius 2 is 1.64 bits per heavy atom. The molecule has 2 aromatic carbocycles. The van der Waals surface area contributed by atoms with Crippen LogP contribution in [0.15, 0.2) is 48.5 Å². The summed E-state index contributed by atoms with van der Waals surface area (Å²) < 4.78 is 5.13. The first-order valence-corrected chi connectivity index (χ1v) is 8.22. The van der Waals surface area contributed by atoms with Crippen LogP contribution in [0.5, 0.6) is 5.75 Å². The van der Waals surface area contributed by atoms with Gasteiger partial charge in [-0.3, -0.25) is 4.79 Å². The number of nitrogens with one attached hydrogen (secondary N) is 1. The van der Waals surface area contributed by atoms with Crippen molar-refractivity contribution in [2.45, 2.75) is 19.8 Å². The third-order valence-electron chi connectivity index (χ3n) is 4.06. The second-order valence-electron chi connectivity index (χ2n) is 6.00. The maximum atomic E-state index is 12.2. The third-order valence-corrected chi connectivity index (χ3v) is 4.06. The maximum Gasteiger partial charge on any atom is 0.335 e. The molecule has 2 N–H and O–H groups in total. The Morgan fingerprint density at radius 1 is 1.04 bits per heavy atom. The fraction of sp³-hybridized carbons (Fsp3) is 0.300. The highest BCUT2D eigenvalue weighted by atomic mass is 16.5. The Bertz CT molecular complexity index is 707. The van der Waals surface area contributed by atoms with Crippen LogP contribution in [0.4, 0.5) is 0 Å². The number of hydrogen-bond acceptors (Lipinski definition) is 3. The predicted molar refractivity (Wildman–Crippen MR) is 96.0 cm³/mol. The van der Waals surface area contributed by atoms with Gasteiger partial charge in [0.25, 0.3) is 0 Å². The SMILES string of the molecule is COc1ccc(CC(C)C(=O)NCCc2ccc(C(=O)O)cc2)cc1. The molecule has 0 spiro atoms. The minimum Gasteiger partial charge on any atom is -0.497 e. The second kappa shape index (κ2) is 8.87. The van der Waals surface area contributed by atoms with Crippen LogP contribution < -0.4 is 10.1 Å². The first-order chi connectivity index (χ1) is 12.0. The first-order valence-electron chi connectivity index (χ1n) is 8.22. The zero-order chi connectivity index (χ0) is 18.2.